The van der Waals surface area contributed by atoms with Crippen LogP contribution >= 0.6 is 0 Å². The Labute approximate surface area is 115 Å². The number of hydrogen-bond acceptors (Lipinski definition) is 4. The minimum absolute atomic E-state index is 0.354. The molecule has 4 amide bonds. The van der Waals surface area contributed by atoms with E-state index in [0.29, 0.717) is 19.4 Å². The Morgan fingerprint density at radius 2 is 2.15 bits per heavy atom. The van der Waals surface area contributed by atoms with Crippen LogP contribution in [0.2, 0.25) is 0 Å². The lowest BCUT2D eigenvalue weighted by Gasteiger charge is -2.46. The summed E-state index contributed by atoms with van der Waals surface area (Å²) in [4.78, 5) is 37.6. The van der Waals surface area contributed by atoms with Crippen LogP contribution in [0.25, 0.3) is 0 Å². The van der Waals surface area contributed by atoms with Gasteiger partial charge in [0, 0.05) is 12.4 Å². The van der Waals surface area contributed by atoms with Crippen LogP contribution in [0.5, 0.6) is 0 Å². The lowest BCUT2D eigenvalue weighted by atomic mass is 9.66. The number of hydrogen-bond donors (Lipinski definition) is 1. The lowest BCUT2D eigenvalue weighted by molar-refractivity contribution is -0.159. The first-order chi connectivity index (χ1) is 9.54. The number of carbonyl (C=O) groups excluding carboxylic acids is 3. The highest BCUT2D eigenvalue weighted by Gasteiger charge is 2.58. The second-order valence-corrected chi connectivity index (χ2v) is 5.45. The predicted octanol–water partition coefficient (Wildman–Crippen LogP) is 0.520. The van der Waals surface area contributed by atoms with Crippen molar-refractivity contribution in [3.8, 4) is 0 Å². The van der Waals surface area contributed by atoms with Gasteiger partial charge in [0.05, 0.1) is 12.6 Å². The molecule has 2 heterocycles. The van der Waals surface area contributed by atoms with Gasteiger partial charge in [0.2, 0.25) is 11.8 Å². The van der Waals surface area contributed by atoms with Crippen LogP contribution in [0.1, 0.15) is 26.2 Å². The summed E-state index contributed by atoms with van der Waals surface area (Å²) in [6.07, 6.45) is 5.30. The van der Waals surface area contributed by atoms with E-state index >= 15 is 0 Å². The van der Waals surface area contributed by atoms with Gasteiger partial charge in [0.1, 0.15) is 5.41 Å². The molecule has 1 aromatic rings. The number of rotatable bonds is 3. The molecule has 1 aliphatic carbocycles. The Balaban J connectivity index is 1.82. The number of barbiturate groups is 1. The molecule has 1 spiro atoms. The zero-order valence-corrected chi connectivity index (χ0v) is 11.2. The predicted molar refractivity (Wildman–Crippen MR) is 68.4 cm³/mol. The SMILES string of the molecule is CC(Cn1cccn1)N1C(=O)NC(=O)C2(CCC2)C1=O. The van der Waals surface area contributed by atoms with Crippen LogP contribution in [0.4, 0.5) is 4.79 Å². The zero-order valence-electron chi connectivity index (χ0n) is 11.2. The molecule has 2 fully saturated rings. The highest BCUT2D eigenvalue weighted by atomic mass is 16.2. The van der Waals surface area contributed by atoms with Crippen molar-refractivity contribution in [3.63, 3.8) is 0 Å². The van der Waals surface area contributed by atoms with E-state index in [0.717, 1.165) is 6.42 Å². The standard InChI is InChI=1S/C13H16N4O3/c1-9(8-16-7-3-6-14-16)17-11(19)13(4-2-5-13)10(18)15-12(17)20/h3,6-7,9H,2,4-5,8H2,1H3,(H,15,18,20). The van der Waals surface area contributed by atoms with Crippen LogP contribution in [0.3, 0.4) is 0 Å². The maximum Gasteiger partial charge on any atom is 0.331 e. The molecule has 7 nitrogen and oxygen atoms in total. The molecule has 20 heavy (non-hydrogen) atoms. The van der Waals surface area contributed by atoms with Crippen molar-refractivity contribution >= 4 is 17.8 Å². The van der Waals surface area contributed by atoms with E-state index in [1.807, 2.05) is 0 Å². The Kier molecular flexibility index (Phi) is 2.84. The average molecular weight is 276 g/mol. The van der Waals surface area contributed by atoms with E-state index < -0.39 is 17.4 Å². The lowest BCUT2D eigenvalue weighted by Crippen LogP contribution is -2.68. The van der Waals surface area contributed by atoms with Gasteiger partial charge in [-0.05, 0) is 25.8 Å². The molecule has 0 bridgehead atoms. The molecule has 1 unspecified atom stereocenters. The number of amides is 4. The summed E-state index contributed by atoms with van der Waals surface area (Å²) in [5, 5.41) is 6.38. The Morgan fingerprint density at radius 3 is 2.70 bits per heavy atom. The molecule has 1 aromatic heterocycles. The minimum Gasteiger partial charge on any atom is -0.277 e. The van der Waals surface area contributed by atoms with E-state index in [1.54, 1.807) is 30.1 Å². The van der Waals surface area contributed by atoms with Crippen LogP contribution in [-0.4, -0.2) is 38.6 Å². The fourth-order valence-electron chi connectivity index (χ4n) is 2.83. The molecule has 1 atom stereocenters. The van der Waals surface area contributed by atoms with Crippen molar-refractivity contribution in [1.82, 2.24) is 20.0 Å². The Bertz CT molecular complexity index is 562. The van der Waals surface area contributed by atoms with E-state index in [-0.39, 0.29) is 11.9 Å². The fraction of sp³-hybridized carbons (Fsp3) is 0.538. The van der Waals surface area contributed by atoms with Crippen molar-refractivity contribution in [2.75, 3.05) is 0 Å². The first kappa shape index (κ1) is 12.8. The second kappa shape index (κ2) is 4.43. The summed E-state index contributed by atoms with van der Waals surface area (Å²) in [6.45, 7) is 2.19. The van der Waals surface area contributed by atoms with E-state index in [4.69, 9.17) is 0 Å². The van der Waals surface area contributed by atoms with Crippen molar-refractivity contribution < 1.29 is 14.4 Å². The summed E-state index contributed by atoms with van der Waals surface area (Å²) >= 11 is 0. The van der Waals surface area contributed by atoms with Gasteiger partial charge in [-0.3, -0.25) is 24.5 Å². The molecular weight excluding hydrogens is 260 g/mol. The molecule has 0 radical (unpaired) electrons. The van der Waals surface area contributed by atoms with E-state index in [2.05, 4.69) is 10.4 Å². The fourth-order valence-corrected chi connectivity index (χ4v) is 2.83. The number of urea groups is 1. The molecule has 1 aliphatic heterocycles. The molecule has 0 aromatic carbocycles. The Hall–Kier alpha value is -2.18. The first-order valence-corrected chi connectivity index (χ1v) is 6.71. The summed E-state index contributed by atoms with van der Waals surface area (Å²) < 4.78 is 1.66. The van der Waals surface area contributed by atoms with E-state index in [1.165, 1.54) is 4.90 Å². The number of aromatic nitrogens is 2. The van der Waals surface area contributed by atoms with Crippen molar-refractivity contribution in [1.29, 1.82) is 0 Å². The zero-order chi connectivity index (χ0) is 14.3. The highest BCUT2D eigenvalue weighted by molar-refractivity contribution is 6.19. The molecule has 2 aliphatic rings. The largest absolute Gasteiger partial charge is 0.331 e. The number of imide groups is 2. The van der Waals surface area contributed by atoms with Crippen molar-refractivity contribution in [2.45, 2.75) is 38.8 Å². The van der Waals surface area contributed by atoms with Crippen molar-refractivity contribution in [3.05, 3.63) is 18.5 Å². The maximum atomic E-state index is 12.5. The third kappa shape index (κ3) is 1.73. The minimum atomic E-state index is -1.01. The first-order valence-electron chi connectivity index (χ1n) is 6.71. The molecule has 106 valence electrons. The number of nitrogens with zero attached hydrogens (tertiary/aromatic N) is 3. The summed E-state index contributed by atoms with van der Waals surface area (Å²) in [6, 6.07) is 0.798. The monoisotopic (exact) mass is 276 g/mol. The molecule has 3 rings (SSSR count). The van der Waals surface area contributed by atoms with Crippen LogP contribution in [0, 0.1) is 5.41 Å². The van der Waals surface area contributed by atoms with Gasteiger partial charge in [0.25, 0.3) is 0 Å². The molecule has 7 heteroatoms. The van der Waals surface area contributed by atoms with Crippen LogP contribution < -0.4 is 5.32 Å². The van der Waals surface area contributed by atoms with Gasteiger partial charge in [0.15, 0.2) is 0 Å². The highest BCUT2D eigenvalue weighted by Crippen LogP contribution is 2.44. The quantitative estimate of drug-likeness (QED) is 0.816. The van der Waals surface area contributed by atoms with Gasteiger partial charge < -0.3 is 0 Å². The molecular formula is C13H16N4O3. The third-order valence-electron chi connectivity index (χ3n) is 4.16. The topological polar surface area (TPSA) is 84.3 Å². The normalized spacial score (nSPS) is 22.6. The molecule has 1 saturated heterocycles. The van der Waals surface area contributed by atoms with Gasteiger partial charge in [-0.15, -0.1) is 0 Å². The second-order valence-electron chi connectivity index (χ2n) is 5.45. The summed E-state index contributed by atoms with van der Waals surface area (Å²) in [7, 11) is 0. The maximum absolute atomic E-state index is 12.5. The van der Waals surface area contributed by atoms with Crippen LogP contribution in [0.15, 0.2) is 18.5 Å². The number of nitrogens with one attached hydrogen (secondary N) is 1. The van der Waals surface area contributed by atoms with E-state index in [9.17, 15) is 14.4 Å². The molecule has 1 saturated carbocycles. The van der Waals surface area contributed by atoms with Gasteiger partial charge in [-0.25, -0.2) is 4.79 Å². The van der Waals surface area contributed by atoms with Gasteiger partial charge in [-0.2, -0.15) is 5.10 Å². The van der Waals surface area contributed by atoms with Crippen molar-refractivity contribution in [2.24, 2.45) is 5.41 Å². The van der Waals surface area contributed by atoms with Crippen LogP contribution in [-0.2, 0) is 16.1 Å². The smallest absolute Gasteiger partial charge is 0.277 e. The number of carbonyl (C=O) groups is 3. The summed E-state index contributed by atoms with van der Waals surface area (Å²) in [5.74, 6) is -0.807. The third-order valence-corrected chi connectivity index (χ3v) is 4.16. The van der Waals surface area contributed by atoms with Gasteiger partial charge in [-0.1, -0.05) is 6.42 Å². The Morgan fingerprint density at radius 1 is 1.40 bits per heavy atom. The summed E-state index contributed by atoms with van der Waals surface area (Å²) in [5.41, 5.74) is -1.01. The van der Waals surface area contributed by atoms with Gasteiger partial charge >= 0.3 is 6.03 Å². The average Bonchev–Trinajstić information content (AvgIpc) is 2.78. The molecule has 1 N–H and O–H groups in total.